The monoisotopic (exact) mass is 372 g/mol. The van der Waals surface area contributed by atoms with Crippen LogP contribution >= 0.6 is 0 Å². The van der Waals surface area contributed by atoms with Crippen molar-refractivity contribution >= 4 is 0 Å². The maximum Gasteiger partial charge on any atom is 0.109 e. The molecule has 0 saturated heterocycles. The summed E-state index contributed by atoms with van der Waals surface area (Å²) in [4.78, 5) is 0. The lowest BCUT2D eigenvalue weighted by atomic mass is 9.44. The summed E-state index contributed by atoms with van der Waals surface area (Å²) >= 11 is 0. The van der Waals surface area contributed by atoms with Crippen molar-refractivity contribution in [1.29, 1.82) is 0 Å². The lowest BCUT2D eigenvalue weighted by molar-refractivity contribution is -0.255. The van der Waals surface area contributed by atoms with Gasteiger partial charge >= 0.3 is 0 Å². The van der Waals surface area contributed by atoms with Gasteiger partial charge in [0.15, 0.2) is 0 Å². The topological polar surface area (TPSA) is 121 Å². The third kappa shape index (κ3) is 3.36. The minimum absolute atomic E-state index is 0.205. The zero-order valence-electron chi connectivity index (χ0n) is 16.6. The van der Waals surface area contributed by atoms with Crippen LogP contribution in [0.1, 0.15) is 53.9 Å². The van der Waals surface area contributed by atoms with Gasteiger partial charge in [-0.15, -0.1) is 0 Å². The van der Waals surface area contributed by atoms with Crippen LogP contribution in [-0.4, -0.2) is 66.8 Å². The average molecular weight is 373 g/mol. The maximum absolute atomic E-state index is 11.1. The third-order valence-electron chi connectivity index (χ3n) is 7.17. The summed E-state index contributed by atoms with van der Waals surface area (Å²) in [7, 11) is 0. The van der Waals surface area contributed by atoms with E-state index in [0.717, 1.165) is 19.3 Å². The number of aliphatic hydroxyl groups excluding tert-OH is 4. The number of hydrogen-bond acceptors (Lipinski definition) is 6. The molecule has 6 nitrogen and oxygen atoms in total. The largest absolute Gasteiger partial charge is 0.394 e. The first-order valence-corrected chi connectivity index (χ1v) is 9.51. The van der Waals surface area contributed by atoms with Gasteiger partial charge in [-0.3, -0.25) is 0 Å². The van der Waals surface area contributed by atoms with E-state index in [2.05, 4.69) is 13.8 Å². The lowest BCUT2D eigenvalue weighted by Gasteiger charge is -2.63. The molecule has 2 fully saturated rings. The summed E-state index contributed by atoms with van der Waals surface area (Å²) in [6.07, 6.45) is 1.97. The van der Waals surface area contributed by atoms with Crippen molar-refractivity contribution in [2.75, 3.05) is 6.61 Å². The fourth-order valence-corrected chi connectivity index (χ4v) is 5.71. The van der Waals surface area contributed by atoms with Crippen LogP contribution < -0.4 is 0 Å². The molecule has 0 aromatic rings. The SMILES string of the molecule is CC1(C)CCC[C@@]2(C)[C@H]1[C@@H](O)[C@H](O)[C@@](C)(O)[C@@H]2/C=C/[C@@](C)(O)[C@H](O)CO. The Morgan fingerprint density at radius 3 is 2.27 bits per heavy atom. The summed E-state index contributed by atoms with van der Waals surface area (Å²) in [6.45, 7) is 8.49. The first kappa shape index (κ1) is 21.8. The molecule has 0 aromatic carbocycles. The van der Waals surface area contributed by atoms with E-state index >= 15 is 0 Å². The molecule has 0 amide bonds. The van der Waals surface area contributed by atoms with E-state index < -0.39 is 47.5 Å². The Labute approximate surface area is 156 Å². The second-order valence-electron chi connectivity index (χ2n) is 9.75. The van der Waals surface area contributed by atoms with Crippen LogP contribution in [0.15, 0.2) is 12.2 Å². The average Bonchev–Trinajstić information content (AvgIpc) is 2.50. The fourth-order valence-electron chi connectivity index (χ4n) is 5.71. The molecular weight excluding hydrogens is 336 g/mol. The smallest absolute Gasteiger partial charge is 0.109 e. The summed E-state index contributed by atoms with van der Waals surface area (Å²) < 4.78 is 0. The molecule has 0 aromatic heterocycles. The standard InChI is InChI=1S/C20H36O6/c1-17(2)8-6-9-18(3)12(7-10-19(4,25)13(22)11-21)20(5,26)16(24)14(23)15(17)18/h7,10,12-16,21-26H,6,8-9,11H2,1-5H3/b10-7+/t12-,13-,14-,15+,16+,18-,19-,20+/m1/s1. The van der Waals surface area contributed by atoms with Gasteiger partial charge in [0.2, 0.25) is 0 Å². The van der Waals surface area contributed by atoms with Gasteiger partial charge in [0.05, 0.1) is 18.3 Å². The molecule has 6 heteroatoms. The summed E-state index contributed by atoms with van der Waals surface area (Å²) in [6, 6.07) is 0. The highest BCUT2D eigenvalue weighted by molar-refractivity contribution is 5.20. The first-order chi connectivity index (χ1) is 11.7. The zero-order valence-corrected chi connectivity index (χ0v) is 16.6. The van der Waals surface area contributed by atoms with Gasteiger partial charge in [-0.2, -0.15) is 0 Å². The minimum atomic E-state index is -1.66. The molecular formula is C20H36O6. The predicted molar refractivity (Wildman–Crippen MR) is 98.2 cm³/mol. The second kappa shape index (κ2) is 6.83. The second-order valence-corrected chi connectivity index (χ2v) is 9.75. The van der Waals surface area contributed by atoms with E-state index in [1.165, 1.54) is 19.9 Å². The Hall–Kier alpha value is -0.500. The number of hydrogen-bond donors (Lipinski definition) is 6. The van der Waals surface area contributed by atoms with E-state index in [1.54, 1.807) is 6.08 Å². The van der Waals surface area contributed by atoms with Crippen LogP contribution in [-0.2, 0) is 0 Å². The molecule has 2 saturated carbocycles. The number of rotatable bonds is 4. The molecule has 0 bridgehead atoms. The predicted octanol–water partition coefficient (Wildman–Crippen LogP) is 0.582. The Morgan fingerprint density at radius 1 is 1.15 bits per heavy atom. The van der Waals surface area contributed by atoms with E-state index in [0.29, 0.717) is 0 Å². The van der Waals surface area contributed by atoms with Gasteiger partial charge in [-0.05, 0) is 43.4 Å². The highest BCUT2D eigenvalue weighted by Crippen LogP contribution is 2.62. The molecule has 2 aliphatic rings. The molecule has 0 heterocycles. The summed E-state index contributed by atoms with van der Waals surface area (Å²) in [5.41, 5.74) is -3.94. The van der Waals surface area contributed by atoms with Gasteiger partial charge in [-0.1, -0.05) is 39.3 Å². The highest BCUT2D eigenvalue weighted by atomic mass is 16.4. The van der Waals surface area contributed by atoms with Gasteiger partial charge in [0, 0.05) is 5.92 Å². The Balaban J connectivity index is 2.51. The molecule has 0 unspecified atom stereocenters. The van der Waals surface area contributed by atoms with Gasteiger partial charge in [-0.25, -0.2) is 0 Å². The van der Waals surface area contributed by atoms with Gasteiger partial charge in [0.1, 0.15) is 17.8 Å². The molecule has 8 atom stereocenters. The molecule has 2 aliphatic carbocycles. The molecule has 0 radical (unpaired) electrons. The number of aliphatic hydroxyl groups is 6. The van der Waals surface area contributed by atoms with E-state index in [4.69, 9.17) is 5.11 Å². The maximum atomic E-state index is 11.1. The molecule has 26 heavy (non-hydrogen) atoms. The van der Waals surface area contributed by atoms with Crippen LogP contribution in [0.4, 0.5) is 0 Å². The zero-order chi connectivity index (χ0) is 20.1. The van der Waals surface area contributed by atoms with Crippen molar-refractivity contribution in [1.82, 2.24) is 0 Å². The van der Waals surface area contributed by atoms with Crippen LogP contribution in [0.3, 0.4) is 0 Å². The minimum Gasteiger partial charge on any atom is -0.394 e. The molecule has 0 spiro atoms. The van der Waals surface area contributed by atoms with Gasteiger partial charge in [0.25, 0.3) is 0 Å². The van der Waals surface area contributed by atoms with Crippen molar-refractivity contribution in [3.8, 4) is 0 Å². The van der Waals surface area contributed by atoms with E-state index in [1.807, 2.05) is 6.92 Å². The fraction of sp³-hybridized carbons (Fsp3) is 0.900. The van der Waals surface area contributed by atoms with Crippen molar-refractivity contribution < 1.29 is 30.6 Å². The quantitative estimate of drug-likeness (QED) is 0.402. The van der Waals surface area contributed by atoms with Crippen molar-refractivity contribution in [2.45, 2.75) is 83.4 Å². The molecule has 6 N–H and O–H groups in total. The normalized spacial score (nSPS) is 46.6. The van der Waals surface area contributed by atoms with Crippen molar-refractivity contribution in [2.24, 2.45) is 22.7 Å². The summed E-state index contributed by atoms with van der Waals surface area (Å²) in [5, 5.41) is 61.9. The Kier molecular flexibility index (Phi) is 5.73. The van der Waals surface area contributed by atoms with Crippen LogP contribution in [0, 0.1) is 22.7 Å². The van der Waals surface area contributed by atoms with Crippen LogP contribution in [0.25, 0.3) is 0 Å². The summed E-state index contributed by atoms with van der Waals surface area (Å²) in [5.74, 6) is -0.753. The highest BCUT2D eigenvalue weighted by Gasteiger charge is 2.64. The van der Waals surface area contributed by atoms with E-state index in [-0.39, 0.29) is 11.3 Å². The van der Waals surface area contributed by atoms with Gasteiger partial charge < -0.3 is 30.6 Å². The lowest BCUT2D eigenvalue weighted by Crippen LogP contribution is -2.69. The van der Waals surface area contributed by atoms with E-state index in [9.17, 15) is 25.5 Å². The van der Waals surface area contributed by atoms with Crippen molar-refractivity contribution in [3.05, 3.63) is 12.2 Å². The molecule has 0 aliphatic heterocycles. The van der Waals surface area contributed by atoms with Crippen LogP contribution in [0.2, 0.25) is 0 Å². The number of fused-ring (bicyclic) bond motifs is 1. The molecule has 152 valence electrons. The third-order valence-corrected chi connectivity index (χ3v) is 7.17. The van der Waals surface area contributed by atoms with Crippen molar-refractivity contribution in [3.63, 3.8) is 0 Å². The molecule has 2 rings (SSSR count). The Bertz CT molecular complexity index is 540. The Morgan fingerprint density at radius 2 is 1.73 bits per heavy atom. The van der Waals surface area contributed by atoms with Crippen LogP contribution in [0.5, 0.6) is 0 Å². The first-order valence-electron chi connectivity index (χ1n) is 9.51.